The Hall–Kier alpha value is -2.55. The first-order chi connectivity index (χ1) is 12.4. The maximum Gasteiger partial charge on any atom is 0.274 e. The fraction of sp³-hybridized carbons (Fsp3) is 0.353. The van der Waals surface area contributed by atoms with E-state index in [0.29, 0.717) is 24.5 Å². The van der Waals surface area contributed by atoms with Crippen molar-refractivity contribution in [2.24, 2.45) is 0 Å². The Labute approximate surface area is 151 Å². The normalized spacial score (nSPS) is 18.5. The average Bonchev–Trinajstić information content (AvgIpc) is 2.98. The molecular weight excluding hydrogens is 359 g/mol. The number of carbonyl (C=O) groups is 1. The zero-order valence-electron chi connectivity index (χ0n) is 14.2. The van der Waals surface area contributed by atoms with Crippen molar-refractivity contribution in [2.75, 3.05) is 23.4 Å². The molecule has 1 aliphatic rings. The van der Waals surface area contributed by atoms with Gasteiger partial charge in [0.25, 0.3) is 5.91 Å². The minimum Gasteiger partial charge on any atom is -0.339 e. The number of nitrogens with one attached hydrogen (secondary N) is 1. The molecular formula is C17H19FN4O3S. The molecule has 0 spiro atoms. The summed E-state index contributed by atoms with van der Waals surface area (Å²) in [5.41, 5.74) is 0.798. The second kappa shape index (κ2) is 7.36. The molecule has 0 bridgehead atoms. The Morgan fingerprint density at radius 3 is 2.54 bits per heavy atom. The quantitative estimate of drug-likeness (QED) is 0.856. The van der Waals surface area contributed by atoms with E-state index >= 15 is 0 Å². The van der Waals surface area contributed by atoms with Crippen molar-refractivity contribution in [2.45, 2.75) is 19.4 Å². The van der Waals surface area contributed by atoms with Crippen LogP contribution in [-0.4, -0.2) is 53.3 Å². The number of rotatable bonds is 5. The van der Waals surface area contributed by atoms with Gasteiger partial charge in [0.1, 0.15) is 17.3 Å². The van der Waals surface area contributed by atoms with Crippen LogP contribution in [0.15, 0.2) is 36.7 Å². The van der Waals surface area contributed by atoms with E-state index in [1.165, 1.54) is 29.4 Å². The van der Waals surface area contributed by atoms with Gasteiger partial charge in [-0.1, -0.05) is 0 Å². The lowest BCUT2D eigenvalue weighted by Gasteiger charge is -2.26. The molecule has 0 radical (unpaired) electrons. The van der Waals surface area contributed by atoms with Gasteiger partial charge in [0.05, 0.1) is 23.9 Å². The minimum absolute atomic E-state index is 0.00971. The number of hydrogen-bond acceptors (Lipinski definition) is 6. The fourth-order valence-corrected chi connectivity index (χ4v) is 4.65. The van der Waals surface area contributed by atoms with E-state index in [-0.39, 0.29) is 35.0 Å². The minimum atomic E-state index is -3.08. The highest BCUT2D eigenvalue weighted by molar-refractivity contribution is 7.91. The molecule has 1 amide bonds. The summed E-state index contributed by atoms with van der Waals surface area (Å²) in [6.45, 7) is 2.21. The Balaban J connectivity index is 1.70. The summed E-state index contributed by atoms with van der Waals surface area (Å²) in [5.74, 6) is -0.163. The van der Waals surface area contributed by atoms with Gasteiger partial charge in [-0.3, -0.25) is 4.79 Å². The van der Waals surface area contributed by atoms with Crippen molar-refractivity contribution in [3.8, 4) is 0 Å². The van der Waals surface area contributed by atoms with Crippen LogP contribution in [0.4, 0.5) is 15.9 Å². The highest BCUT2D eigenvalue weighted by atomic mass is 32.2. The average molecular weight is 378 g/mol. The van der Waals surface area contributed by atoms with Crippen LogP contribution in [0.2, 0.25) is 0 Å². The van der Waals surface area contributed by atoms with Gasteiger partial charge >= 0.3 is 0 Å². The molecule has 1 atom stereocenters. The molecule has 7 nitrogen and oxygen atoms in total. The van der Waals surface area contributed by atoms with Crippen LogP contribution in [0.25, 0.3) is 0 Å². The van der Waals surface area contributed by atoms with E-state index in [1.54, 1.807) is 19.1 Å². The van der Waals surface area contributed by atoms with E-state index in [4.69, 9.17) is 0 Å². The van der Waals surface area contributed by atoms with Gasteiger partial charge in [-0.15, -0.1) is 0 Å². The largest absolute Gasteiger partial charge is 0.339 e. The van der Waals surface area contributed by atoms with E-state index < -0.39 is 9.84 Å². The number of benzene rings is 1. The van der Waals surface area contributed by atoms with Crippen LogP contribution in [0, 0.1) is 5.82 Å². The summed E-state index contributed by atoms with van der Waals surface area (Å²) >= 11 is 0. The summed E-state index contributed by atoms with van der Waals surface area (Å²) < 4.78 is 36.2. The van der Waals surface area contributed by atoms with Crippen LogP contribution in [-0.2, 0) is 9.84 Å². The Kier molecular flexibility index (Phi) is 5.17. The van der Waals surface area contributed by atoms with E-state index in [9.17, 15) is 17.6 Å². The standard InChI is InChI=1S/C17H19FN4O3S/c1-2-22(14-7-8-26(24,25)11-14)17(23)15-9-20-16(10-19-15)21-13-5-3-12(18)4-6-13/h3-6,9-10,14H,2,7-8,11H2,1H3,(H,20,21). The smallest absolute Gasteiger partial charge is 0.274 e. The van der Waals surface area contributed by atoms with Crippen molar-refractivity contribution >= 4 is 27.2 Å². The van der Waals surface area contributed by atoms with Crippen LogP contribution in [0.1, 0.15) is 23.8 Å². The summed E-state index contributed by atoms with van der Waals surface area (Å²) in [7, 11) is -3.08. The molecule has 26 heavy (non-hydrogen) atoms. The molecule has 2 aromatic rings. The molecule has 138 valence electrons. The molecule has 1 saturated heterocycles. The van der Waals surface area contributed by atoms with Gasteiger partial charge in [0.15, 0.2) is 9.84 Å². The Morgan fingerprint density at radius 2 is 2.00 bits per heavy atom. The maximum atomic E-state index is 12.9. The van der Waals surface area contributed by atoms with Crippen LogP contribution < -0.4 is 5.32 Å². The number of nitrogens with zero attached hydrogens (tertiary/aromatic N) is 3. The first kappa shape index (κ1) is 18.2. The highest BCUT2D eigenvalue weighted by Crippen LogP contribution is 2.20. The van der Waals surface area contributed by atoms with Gasteiger partial charge in [-0.05, 0) is 37.6 Å². The van der Waals surface area contributed by atoms with Crippen molar-refractivity contribution in [1.29, 1.82) is 0 Å². The zero-order valence-corrected chi connectivity index (χ0v) is 15.0. The van der Waals surface area contributed by atoms with Crippen molar-refractivity contribution < 1.29 is 17.6 Å². The SMILES string of the molecule is CCN(C(=O)c1cnc(Nc2ccc(F)cc2)cn1)C1CCS(=O)(=O)C1. The molecule has 1 aliphatic heterocycles. The number of halogens is 1. The van der Waals surface area contributed by atoms with E-state index in [1.807, 2.05) is 0 Å². The summed E-state index contributed by atoms with van der Waals surface area (Å²) in [4.78, 5) is 22.5. The van der Waals surface area contributed by atoms with Crippen molar-refractivity contribution in [3.05, 3.63) is 48.2 Å². The predicted molar refractivity (Wildman–Crippen MR) is 95.5 cm³/mol. The lowest BCUT2D eigenvalue weighted by molar-refractivity contribution is 0.0702. The number of hydrogen-bond donors (Lipinski definition) is 1. The lowest BCUT2D eigenvalue weighted by Crippen LogP contribution is -2.41. The third-order valence-electron chi connectivity index (χ3n) is 4.24. The first-order valence-corrected chi connectivity index (χ1v) is 10.1. The number of aromatic nitrogens is 2. The molecule has 2 heterocycles. The van der Waals surface area contributed by atoms with Gasteiger partial charge in [-0.25, -0.2) is 22.8 Å². The molecule has 0 saturated carbocycles. The summed E-state index contributed by atoms with van der Waals surface area (Å²) in [5, 5.41) is 2.96. The molecule has 1 aromatic carbocycles. The third-order valence-corrected chi connectivity index (χ3v) is 5.99. The molecule has 1 fully saturated rings. The summed E-state index contributed by atoms with van der Waals surface area (Å²) in [6, 6.07) is 5.45. The van der Waals surface area contributed by atoms with Gasteiger partial charge in [-0.2, -0.15) is 0 Å². The maximum absolute atomic E-state index is 12.9. The number of anilines is 2. The van der Waals surface area contributed by atoms with Gasteiger partial charge in [0, 0.05) is 18.3 Å². The first-order valence-electron chi connectivity index (χ1n) is 8.24. The Bertz CT molecular complexity index is 885. The van der Waals surface area contributed by atoms with E-state index in [0.717, 1.165) is 0 Å². The van der Waals surface area contributed by atoms with Crippen LogP contribution >= 0.6 is 0 Å². The molecule has 9 heteroatoms. The third kappa shape index (κ3) is 4.16. The number of amides is 1. The predicted octanol–water partition coefficient (Wildman–Crippen LogP) is 2.01. The molecule has 3 rings (SSSR count). The Morgan fingerprint density at radius 1 is 1.27 bits per heavy atom. The van der Waals surface area contributed by atoms with Crippen LogP contribution in [0.3, 0.4) is 0 Å². The molecule has 1 N–H and O–H groups in total. The monoisotopic (exact) mass is 378 g/mol. The second-order valence-electron chi connectivity index (χ2n) is 6.07. The zero-order chi connectivity index (χ0) is 18.7. The van der Waals surface area contributed by atoms with Crippen LogP contribution in [0.5, 0.6) is 0 Å². The number of carbonyl (C=O) groups excluding carboxylic acids is 1. The molecule has 0 aliphatic carbocycles. The van der Waals surface area contributed by atoms with Crippen molar-refractivity contribution in [3.63, 3.8) is 0 Å². The topological polar surface area (TPSA) is 92.3 Å². The number of sulfone groups is 1. The fourth-order valence-electron chi connectivity index (χ4n) is 2.92. The second-order valence-corrected chi connectivity index (χ2v) is 8.30. The van der Waals surface area contributed by atoms with Gasteiger partial charge in [0.2, 0.25) is 0 Å². The van der Waals surface area contributed by atoms with Crippen molar-refractivity contribution in [1.82, 2.24) is 14.9 Å². The summed E-state index contributed by atoms with van der Waals surface area (Å²) in [6.07, 6.45) is 3.20. The van der Waals surface area contributed by atoms with Gasteiger partial charge < -0.3 is 10.2 Å². The van der Waals surface area contributed by atoms with E-state index in [2.05, 4.69) is 15.3 Å². The highest BCUT2D eigenvalue weighted by Gasteiger charge is 2.34. The molecule has 1 unspecified atom stereocenters. The lowest BCUT2D eigenvalue weighted by atomic mass is 10.2. The molecule has 1 aromatic heterocycles.